The zero-order chi connectivity index (χ0) is 4.50. The Kier molecular flexibility index (Phi) is 5.59. The van der Waals surface area contributed by atoms with Crippen LogP contribution in [0.1, 0.15) is 0 Å². The molecule has 0 aromatic rings. The number of rotatable bonds is 0. The van der Waals surface area contributed by atoms with Crippen LogP contribution in [0.25, 0.3) is 0 Å². The molecule has 0 rings (SSSR count). The van der Waals surface area contributed by atoms with Crippen LogP contribution >= 0.6 is 0 Å². The van der Waals surface area contributed by atoms with Gasteiger partial charge in [0, 0.05) is 0 Å². The first-order chi connectivity index (χ1) is 2.00. The van der Waals surface area contributed by atoms with Crippen molar-refractivity contribution in [2.75, 3.05) is 0 Å². The molecule has 0 saturated heterocycles. The van der Waals surface area contributed by atoms with Crippen molar-refractivity contribution in [2.45, 2.75) is 0 Å². The zero-order valence-electron chi connectivity index (χ0n) is 2.38. The number of hydrogen-bond donors (Lipinski definition) is 0. The summed E-state index contributed by atoms with van der Waals surface area (Å²) in [5.41, 5.74) is 0. The van der Waals surface area contributed by atoms with Gasteiger partial charge in [-0.3, -0.25) is 0 Å². The molecule has 4 nitrogen and oxygen atoms in total. The van der Waals surface area contributed by atoms with Crippen LogP contribution in [0.2, 0.25) is 0 Å². The van der Waals surface area contributed by atoms with Crippen LogP contribution in [0.3, 0.4) is 0 Å². The van der Waals surface area contributed by atoms with E-state index in [1.54, 1.807) is 0 Å². The maximum atomic E-state index is 8.64. The molecule has 0 N–H and O–H groups in total. The molecule has 0 atom stereocenters. The van der Waals surface area contributed by atoms with Crippen molar-refractivity contribution >= 4 is 20.1 Å². The predicted molar refractivity (Wildman–Crippen MR) is 6.44 cm³/mol. The molecular formula is AgO4Sb. The second-order valence-corrected chi connectivity index (χ2v) is 3.00. The Morgan fingerprint density at radius 3 is 1.17 bits per heavy atom. The van der Waals surface area contributed by atoms with Gasteiger partial charge in [-0.2, -0.15) is 0 Å². The molecule has 0 aromatic heterocycles. The monoisotopic (exact) mass is 292 g/mol. The SMILES string of the molecule is [Ag+3].[O]=[Sb]([O-])([O-])[O-]. The van der Waals surface area contributed by atoms with Gasteiger partial charge in [-0.25, -0.2) is 0 Å². The van der Waals surface area contributed by atoms with Gasteiger partial charge in [0.25, 0.3) is 0 Å². The first-order valence-corrected chi connectivity index (χ1v) is 4.90. The van der Waals surface area contributed by atoms with Crippen molar-refractivity contribution in [1.29, 1.82) is 0 Å². The van der Waals surface area contributed by atoms with E-state index in [4.69, 9.17) is 13.2 Å². The van der Waals surface area contributed by atoms with Crippen LogP contribution in [0.4, 0.5) is 0 Å². The molecule has 0 fully saturated rings. The van der Waals surface area contributed by atoms with Crippen molar-refractivity contribution < 1.29 is 35.6 Å². The third-order valence-electron chi connectivity index (χ3n) is 0. The topological polar surface area (TPSA) is 86.2 Å². The fourth-order valence-corrected chi connectivity index (χ4v) is 0. The van der Waals surface area contributed by atoms with Crippen molar-refractivity contribution in [3.63, 3.8) is 0 Å². The van der Waals surface area contributed by atoms with Crippen molar-refractivity contribution in [1.82, 2.24) is 0 Å². The van der Waals surface area contributed by atoms with Gasteiger partial charge in [0.15, 0.2) is 0 Å². The van der Waals surface area contributed by atoms with E-state index < -0.39 is 20.1 Å². The molecule has 0 heterocycles. The van der Waals surface area contributed by atoms with Gasteiger partial charge >= 0.3 is 55.6 Å². The molecule has 0 aliphatic heterocycles. The average Bonchev–Trinajstić information content (AvgIpc) is 0.722. The third-order valence-corrected chi connectivity index (χ3v) is 0. The minimum atomic E-state index is -6.10. The van der Waals surface area contributed by atoms with Gasteiger partial charge in [-0.05, 0) is 0 Å². The summed E-state index contributed by atoms with van der Waals surface area (Å²) >= 11 is -6.10. The molecule has 0 spiro atoms. The van der Waals surface area contributed by atoms with E-state index in [0.29, 0.717) is 0 Å². The quantitative estimate of drug-likeness (QED) is 0.425. The van der Waals surface area contributed by atoms with E-state index in [0.717, 1.165) is 0 Å². The van der Waals surface area contributed by atoms with Crippen LogP contribution in [-0.4, -0.2) is 20.1 Å². The normalized spacial score (nSPS) is 9.83. The van der Waals surface area contributed by atoms with Gasteiger partial charge in [-0.15, -0.1) is 0 Å². The van der Waals surface area contributed by atoms with E-state index in [2.05, 4.69) is 0 Å². The van der Waals surface area contributed by atoms with Gasteiger partial charge in [0.2, 0.25) is 0 Å². The van der Waals surface area contributed by atoms with Gasteiger partial charge < -0.3 is 0 Å². The Morgan fingerprint density at radius 2 is 1.17 bits per heavy atom. The van der Waals surface area contributed by atoms with Crippen LogP contribution in [-0.2, 0) is 25.4 Å². The summed E-state index contributed by atoms with van der Waals surface area (Å²) in [6, 6.07) is 0. The Labute approximate surface area is 55.4 Å². The van der Waals surface area contributed by atoms with E-state index in [-0.39, 0.29) is 22.4 Å². The molecule has 0 unspecified atom stereocenters. The summed E-state index contributed by atoms with van der Waals surface area (Å²) in [7, 11) is 0. The summed E-state index contributed by atoms with van der Waals surface area (Å²) in [5, 5.41) is 0. The van der Waals surface area contributed by atoms with Crippen molar-refractivity contribution in [3.8, 4) is 0 Å². The molecule has 6 heteroatoms. The molecule has 6 heavy (non-hydrogen) atoms. The Bertz CT molecular complexity index is 53.7. The Morgan fingerprint density at radius 1 is 1.17 bits per heavy atom. The molecule has 0 radical (unpaired) electrons. The first-order valence-electron chi connectivity index (χ1n) is 0.730. The summed E-state index contributed by atoms with van der Waals surface area (Å²) in [5.74, 6) is 0. The fraction of sp³-hybridized carbons (Fsp3) is 0. The van der Waals surface area contributed by atoms with Crippen LogP contribution in [0.15, 0.2) is 0 Å². The molecular weight excluding hydrogens is 294 g/mol. The summed E-state index contributed by atoms with van der Waals surface area (Å²) in [6.07, 6.45) is 0. The predicted octanol–water partition coefficient (Wildman–Crippen LogP) is -4.07. The molecule has 40 valence electrons. The van der Waals surface area contributed by atoms with Crippen LogP contribution < -0.4 is 10.2 Å². The zero-order valence-corrected chi connectivity index (χ0v) is 6.42. The van der Waals surface area contributed by atoms with Crippen LogP contribution in [0.5, 0.6) is 0 Å². The van der Waals surface area contributed by atoms with Crippen molar-refractivity contribution in [3.05, 3.63) is 0 Å². The third kappa shape index (κ3) is 61.4. The average molecular weight is 294 g/mol. The molecule has 0 saturated carbocycles. The van der Waals surface area contributed by atoms with Gasteiger partial charge in [0.1, 0.15) is 0 Å². The van der Waals surface area contributed by atoms with Gasteiger partial charge in [-0.1, -0.05) is 0 Å². The van der Waals surface area contributed by atoms with Crippen LogP contribution in [0, 0.1) is 0 Å². The summed E-state index contributed by atoms with van der Waals surface area (Å²) in [6.45, 7) is 0. The fourth-order valence-electron chi connectivity index (χ4n) is 0. The summed E-state index contributed by atoms with van der Waals surface area (Å²) < 4.78 is 34.6. The van der Waals surface area contributed by atoms with Gasteiger partial charge in [0.05, 0.1) is 0 Å². The van der Waals surface area contributed by atoms with E-state index >= 15 is 0 Å². The molecule has 0 aliphatic carbocycles. The molecule has 0 aliphatic rings. The second-order valence-electron chi connectivity index (χ2n) is 0.447. The van der Waals surface area contributed by atoms with E-state index in [1.807, 2.05) is 0 Å². The number of hydrogen-bond acceptors (Lipinski definition) is 4. The molecule has 0 amide bonds. The maximum absolute atomic E-state index is 8.64. The molecule has 0 aromatic carbocycles. The minimum absolute atomic E-state index is 0. The Hall–Kier alpha value is 1.24. The first kappa shape index (κ1) is 10.3. The molecule has 0 bridgehead atoms. The second kappa shape index (κ2) is 3.27. The van der Waals surface area contributed by atoms with Crippen molar-refractivity contribution in [2.24, 2.45) is 0 Å². The summed E-state index contributed by atoms with van der Waals surface area (Å²) in [4.78, 5) is 0. The van der Waals surface area contributed by atoms with E-state index in [1.165, 1.54) is 0 Å². The van der Waals surface area contributed by atoms with E-state index in [9.17, 15) is 0 Å². The Balaban J connectivity index is 0. The standard InChI is InChI=1S/Ag.4O.Sb/q+3;;3*-1;.